The van der Waals surface area contributed by atoms with Crippen molar-refractivity contribution in [2.75, 3.05) is 13.2 Å². The fourth-order valence-corrected chi connectivity index (χ4v) is 9.99. The first kappa shape index (κ1) is 42.2. The number of esters is 1. The highest BCUT2D eigenvalue weighted by Gasteiger charge is 2.62. The lowest BCUT2D eigenvalue weighted by molar-refractivity contribution is -0.143. The molecule has 4 amide bonds. The summed E-state index contributed by atoms with van der Waals surface area (Å²) in [6.07, 6.45) is 3.07. The predicted molar refractivity (Wildman–Crippen MR) is 221 cm³/mol. The van der Waals surface area contributed by atoms with Crippen LogP contribution in [0.5, 0.6) is 0 Å². The Kier molecular flexibility index (Phi) is 11.4. The minimum Gasteiger partial charge on any atom is -0.456 e. The van der Waals surface area contributed by atoms with E-state index in [9.17, 15) is 32.4 Å². The molecule has 14 nitrogen and oxygen atoms in total. The number of amides is 4. The van der Waals surface area contributed by atoms with Crippen LogP contribution >= 0.6 is 0 Å². The molecule has 7 rings (SSSR count). The summed E-state index contributed by atoms with van der Waals surface area (Å²) in [6, 6.07) is 15.0. The molecule has 4 bridgehead atoms. The number of hydrogen-bond acceptors (Lipinski definition) is 9. The Bertz CT molecular complexity index is 2240. The number of nitrogens with zero attached hydrogens (tertiary/aromatic N) is 2. The largest absolute Gasteiger partial charge is 0.456 e. The van der Waals surface area contributed by atoms with Crippen molar-refractivity contribution >= 4 is 50.7 Å². The van der Waals surface area contributed by atoms with E-state index in [-0.39, 0.29) is 43.0 Å². The van der Waals surface area contributed by atoms with Gasteiger partial charge in [0.25, 0.3) is 5.91 Å². The molecule has 3 aromatic rings. The van der Waals surface area contributed by atoms with Gasteiger partial charge in [0.1, 0.15) is 29.4 Å². The van der Waals surface area contributed by atoms with Crippen LogP contribution in [0.25, 0.3) is 16.6 Å². The number of fused-ring (bicyclic) bond motifs is 3. The molecule has 3 N–H and O–H groups in total. The zero-order valence-corrected chi connectivity index (χ0v) is 35.7. The number of carbonyl (C=O) groups is 5. The number of aryl methyl sites for hydroxylation is 1. The molecule has 2 aliphatic carbocycles. The summed E-state index contributed by atoms with van der Waals surface area (Å²) in [7, 11) is -3.91. The van der Waals surface area contributed by atoms with Crippen LogP contribution in [0.15, 0.2) is 54.6 Å². The highest BCUT2D eigenvalue weighted by molar-refractivity contribution is 7.91. The lowest BCUT2D eigenvalue weighted by Crippen LogP contribution is -2.60. The number of alkyl carbamates (subject to hydrolysis) is 1. The number of cyclic esters (lactones) is 1. The number of para-hydroxylation sites is 1. The van der Waals surface area contributed by atoms with Crippen LogP contribution in [0.3, 0.4) is 0 Å². The van der Waals surface area contributed by atoms with E-state index in [1.807, 2.05) is 73.9 Å². The van der Waals surface area contributed by atoms with Gasteiger partial charge in [0.15, 0.2) is 0 Å². The van der Waals surface area contributed by atoms with E-state index in [2.05, 4.69) is 21.4 Å². The van der Waals surface area contributed by atoms with Crippen LogP contribution in [0.4, 0.5) is 4.79 Å². The summed E-state index contributed by atoms with van der Waals surface area (Å²) in [5.41, 5.74) is 0.253. The molecule has 0 spiro atoms. The third-order valence-electron chi connectivity index (χ3n) is 12.3. The number of aromatic nitrogens is 1. The zero-order valence-electron chi connectivity index (χ0n) is 34.8. The van der Waals surface area contributed by atoms with Gasteiger partial charge in [-0.3, -0.25) is 19.1 Å². The fourth-order valence-electron chi connectivity index (χ4n) is 8.62. The monoisotopic (exact) mass is 831 g/mol. The summed E-state index contributed by atoms with van der Waals surface area (Å²) in [5, 5.41) is 5.88. The number of hydrogen-bond donors (Lipinski definition) is 3. The molecule has 0 unspecified atom stereocenters. The molecule has 2 saturated carbocycles. The summed E-state index contributed by atoms with van der Waals surface area (Å²) in [6.45, 7) is 11.2. The molecule has 15 heteroatoms. The molecule has 3 heterocycles. The van der Waals surface area contributed by atoms with Crippen molar-refractivity contribution < 1.29 is 41.9 Å². The zero-order chi connectivity index (χ0) is 42.5. The first-order valence-corrected chi connectivity index (χ1v) is 22.4. The summed E-state index contributed by atoms with van der Waals surface area (Å²) < 4.78 is 41.6. The Labute approximate surface area is 346 Å². The van der Waals surface area contributed by atoms with Crippen molar-refractivity contribution in [1.82, 2.24) is 24.8 Å². The number of carbonyl (C=O) groups excluding carboxylic acids is 5. The van der Waals surface area contributed by atoms with Gasteiger partial charge in [-0.15, -0.1) is 0 Å². The maximum atomic E-state index is 14.7. The summed E-state index contributed by atoms with van der Waals surface area (Å²) >= 11 is 0. The van der Waals surface area contributed by atoms with E-state index < -0.39 is 74.2 Å². The lowest BCUT2D eigenvalue weighted by atomic mass is 9.85. The predicted octanol–water partition coefficient (Wildman–Crippen LogP) is 5.54. The molecule has 1 saturated heterocycles. The Morgan fingerprint density at radius 2 is 1.73 bits per heavy atom. The van der Waals surface area contributed by atoms with Gasteiger partial charge in [-0.25, -0.2) is 18.0 Å². The maximum absolute atomic E-state index is 14.7. The van der Waals surface area contributed by atoms with E-state index >= 15 is 0 Å². The van der Waals surface area contributed by atoms with Gasteiger partial charge in [-0.1, -0.05) is 84.7 Å². The smallest absolute Gasteiger partial charge is 0.407 e. The van der Waals surface area contributed by atoms with Crippen molar-refractivity contribution in [2.45, 2.75) is 128 Å². The normalized spacial score (nSPS) is 26.7. The lowest BCUT2D eigenvalue weighted by Gasteiger charge is -2.35. The molecule has 1 aromatic heterocycles. The van der Waals surface area contributed by atoms with Crippen LogP contribution in [0.2, 0.25) is 0 Å². The number of rotatable bonds is 7. The standard InChI is InChI=1S/C44H57N5O9S/c1-7-28-24-44(28,40(53)47-59(55,56)31-19-20-31)46-37(50)34-22-30-25-48(34)38(51)36(42(2,3)4)45-41(54)57-26-43(5,6)21-12-11-14-27-15-13-18-33-32(27)23-35(39(52)58-30)49(33)29-16-9-8-10-17-29/h8-10,13,15-18,23,28,30-31,34,36H,7,11-12,14,19-22,24-26H2,1-6H3,(H,45,54)(H,46,50)(H,47,53)/t28-,30+,34-,36+,44+/m0/s1. The quantitative estimate of drug-likeness (QED) is 0.258. The summed E-state index contributed by atoms with van der Waals surface area (Å²) in [5.74, 6) is -3.06. The van der Waals surface area contributed by atoms with Crippen LogP contribution in [-0.2, 0) is 40.3 Å². The van der Waals surface area contributed by atoms with Crippen molar-refractivity contribution in [2.24, 2.45) is 16.7 Å². The van der Waals surface area contributed by atoms with Crippen LogP contribution < -0.4 is 15.4 Å². The Hall–Kier alpha value is -4.92. The second-order valence-corrected chi connectivity index (χ2v) is 20.6. The van der Waals surface area contributed by atoms with Crippen molar-refractivity contribution in [3.05, 3.63) is 65.9 Å². The van der Waals surface area contributed by atoms with E-state index in [1.54, 1.807) is 20.8 Å². The number of ether oxygens (including phenoxy) is 2. The van der Waals surface area contributed by atoms with Crippen LogP contribution in [-0.4, -0.2) is 89.8 Å². The fraction of sp³-hybridized carbons (Fsp3) is 0.568. The highest BCUT2D eigenvalue weighted by atomic mass is 32.2. The van der Waals surface area contributed by atoms with Crippen molar-refractivity contribution in [1.29, 1.82) is 0 Å². The maximum Gasteiger partial charge on any atom is 0.407 e. The topological polar surface area (TPSA) is 182 Å². The SMILES string of the molecule is CC[C@H]1C[C@]1(NC(=O)[C@@H]1C[C@@H]2CN1C(=O)[C@H](C(C)(C)C)NC(=O)OCC(C)(C)CCCCc1cccc3c1cc(n3-c1ccccc1)C(=O)O2)C(=O)NS(=O)(=O)C1CC1. The first-order valence-electron chi connectivity index (χ1n) is 20.8. The van der Waals surface area contributed by atoms with Crippen LogP contribution in [0, 0.1) is 16.7 Å². The molecule has 59 heavy (non-hydrogen) atoms. The summed E-state index contributed by atoms with van der Waals surface area (Å²) in [4.78, 5) is 72.0. The van der Waals surface area contributed by atoms with E-state index in [0.29, 0.717) is 19.3 Å². The number of sulfonamides is 1. The molecule has 4 aliphatic rings. The minimum absolute atomic E-state index is 0.107. The van der Waals surface area contributed by atoms with E-state index in [0.717, 1.165) is 47.8 Å². The van der Waals surface area contributed by atoms with Gasteiger partial charge in [0.2, 0.25) is 21.8 Å². The molecule has 318 valence electrons. The molecule has 5 atom stereocenters. The van der Waals surface area contributed by atoms with Crippen LogP contribution in [0.1, 0.15) is 109 Å². The van der Waals surface area contributed by atoms with Gasteiger partial charge in [-0.2, -0.15) is 0 Å². The highest BCUT2D eigenvalue weighted by Crippen LogP contribution is 2.47. The average Bonchev–Trinajstić information content (AvgIpc) is 4.08. The van der Waals surface area contributed by atoms with Crippen molar-refractivity contribution in [3.63, 3.8) is 0 Å². The molecule has 2 aliphatic heterocycles. The molecule has 0 radical (unpaired) electrons. The Balaban J connectivity index is 1.25. The third kappa shape index (κ3) is 8.85. The van der Waals surface area contributed by atoms with Gasteiger partial charge in [0, 0.05) is 17.5 Å². The Morgan fingerprint density at radius 3 is 2.39 bits per heavy atom. The van der Waals surface area contributed by atoms with Gasteiger partial charge in [0.05, 0.1) is 23.9 Å². The molecular formula is C44H57N5O9S. The average molecular weight is 832 g/mol. The second-order valence-electron chi connectivity index (χ2n) is 18.7. The van der Waals surface area contributed by atoms with E-state index in [4.69, 9.17) is 9.47 Å². The Morgan fingerprint density at radius 1 is 1.00 bits per heavy atom. The molecule has 2 aromatic carbocycles. The van der Waals surface area contributed by atoms with Gasteiger partial charge >= 0.3 is 12.1 Å². The van der Waals surface area contributed by atoms with Gasteiger partial charge < -0.3 is 29.6 Å². The first-order chi connectivity index (χ1) is 27.8. The number of benzene rings is 2. The van der Waals surface area contributed by atoms with E-state index in [1.165, 1.54) is 4.90 Å². The minimum atomic E-state index is -3.91. The second kappa shape index (κ2) is 15.9. The number of nitrogens with one attached hydrogen (secondary N) is 3. The third-order valence-corrected chi connectivity index (χ3v) is 14.2. The molecular weight excluding hydrogens is 775 g/mol. The van der Waals surface area contributed by atoms with Crippen molar-refractivity contribution in [3.8, 4) is 5.69 Å². The van der Waals surface area contributed by atoms with Gasteiger partial charge in [-0.05, 0) is 85.1 Å². The molecule has 3 fully saturated rings.